The fraction of sp³-hybridized carbons (Fsp3) is 0.353. The fourth-order valence-electron chi connectivity index (χ4n) is 2.93. The Hall–Kier alpha value is -1.35. The first kappa shape index (κ1) is 16.0. The molecule has 21 heavy (non-hydrogen) atoms. The van der Waals surface area contributed by atoms with E-state index in [1.54, 1.807) is 0 Å². The Morgan fingerprint density at radius 3 is 2.57 bits per heavy atom. The Balaban J connectivity index is 0.000000231. The first-order valence-corrected chi connectivity index (χ1v) is 7.23. The second kappa shape index (κ2) is 7.60. The van der Waals surface area contributed by atoms with Crippen LogP contribution in [0.3, 0.4) is 0 Å². The van der Waals surface area contributed by atoms with Crippen LogP contribution in [0.2, 0.25) is 0 Å². The van der Waals surface area contributed by atoms with E-state index in [1.807, 2.05) is 30.3 Å². The van der Waals surface area contributed by atoms with Gasteiger partial charge in [0, 0.05) is 37.2 Å². The number of hydrogen-bond donors (Lipinski definition) is 1. The molecule has 4 heteroatoms. The van der Waals surface area contributed by atoms with Crippen LogP contribution in [0.15, 0.2) is 59.7 Å². The largest absolute Gasteiger partial charge is 2.00 e. The van der Waals surface area contributed by atoms with Gasteiger partial charge in [-0.1, -0.05) is 0 Å². The third-order valence-corrected chi connectivity index (χ3v) is 4.04. The number of piperidine rings is 1. The number of fused-ring (bicyclic) bond motifs is 1. The molecule has 1 fully saturated rings. The van der Waals surface area contributed by atoms with Crippen LogP contribution >= 0.6 is 0 Å². The maximum absolute atomic E-state index is 4.47. The minimum Gasteiger partial charge on any atom is -0.314 e. The van der Waals surface area contributed by atoms with Gasteiger partial charge >= 0.3 is 17.1 Å². The summed E-state index contributed by atoms with van der Waals surface area (Å²) in [7, 11) is 2.19. The first-order valence-electron chi connectivity index (χ1n) is 7.23. The molecule has 0 spiro atoms. The average Bonchev–Trinajstić information content (AvgIpc) is 3.21. The van der Waals surface area contributed by atoms with Crippen molar-refractivity contribution in [2.75, 3.05) is 20.1 Å². The van der Waals surface area contributed by atoms with Crippen LogP contribution in [0, 0.1) is 5.92 Å². The zero-order chi connectivity index (χ0) is 13.8. The van der Waals surface area contributed by atoms with Crippen LogP contribution in [0.5, 0.6) is 0 Å². The molecule has 0 aromatic heterocycles. The molecule has 112 valence electrons. The monoisotopic (exact) mass is 323 g/mol. The van der Waals surface area contributed by atoms with E-state index >= 15 is 0 Å². The summed E-state index contributed by atoms with van der Waals surface area (Å²) in [5, 5.41) is 4.47. The zero-order valence-electron chi connectivity index (χ0n) is 12.2. The summed E-state index contributed by atoms with van der Waals surface area (Å²) in [6.07, 6.45) is 1.12. The van der Waals surface area contributed by atoms with Gasteiger partial charge in [0.15, 0.2) is 0 Å². The van der Waals surface area contributed by atoms with Crippen LogP contribution in [-0.2, 0) is 17.1 Å². The van der Waals surface area contributed by atoms with E-state index in [2.05, 4.69) is 46.7 Å². The maximum Gasteiger partial charge on any atom is 2.00 e. The summed E-state index contributed by atoms with van der Waals surface area (Å²) >= 11 is 0. The summed E-state index contributed by atoms with van der Waals surface area (Å²) in [6, 6.07) is 19.0. The third kappa shape index (κ3) is 3.85. The first-order chi connectivity index (χ1) is 9.84. The Morgan fingerprint density at radius 2 is 1.95 bits per heavy atom. The smallest absolute Gasteiger partial charge is 0.314 e. The number of rotatable bonds is 1. The second-order valence-electron chi connectivity index (χ2n) is 5.51. The van der Waals surface area contributed by atoms with Crippen LogP contribution < -0.4 is 5.43 Å². The quantitative estimate of drug-likeness (QED) is 0.645. The van der Waals surface area contributed by atoms with E-state index in [0.29, 0.717) is 12.0 Å². The number of nitrogens with one attached hydrogen (secondary N) is 1. The second-order valence-corrected chi connectivity index (χ2v) is 5.51. The van der Waals surface area contributed by atoms with Gasteiger partial charge in [0.05, 0.1) is 0 Å². The Bertz CT molecular complexity index is 513. The summed E-state index contributed by atoms with van der Waals surface area (Å²) in [5.41, 5.74) is 6.01. The number of hydrazone groups is 1. The van der Waals surface area contributed by atoms with Crippen molar-refractivity contribution in [1.82, 2.24) is 10.3 Å². The molecule has 3 nitrogen and oxygen atoms in total. The summed E-state index contributed by atoms with van der Waals surface area (Å²) in [6.45, 7) is 2.27. The molecule has 2 atom stereocenters. The SMILES string of the molecule is CN1CCC2=NNC([c-]3cccc3)C2C1.[Fe+2].c1cc[cH-]c1. The van der Waals surface area contributed by atoms with Crippen LogP contribution in [0.25, 0.3) is 0 Å². The van der Waals surface area contributed by atoms with Gasteiger partial charge in [0.2, 0.25) is 0 Å². The van der Waals surface area contributed by atoms with Gasteiger partial charge in [-0.25, -0.2) is 24.3 Å². The van der Waals surface area contributed by atoms with Crippen LogP contribution in [-0.4, -0.2) is 30.7 Å². The summed E-state index contributed by atoms with van der Waals surface area (Å²) in [5.74, 6) is 0.575. The van der Waals surface area contributed by atoms with E-state index in [9.17, 15) is 0 Å². The van der Waals surface area contributed by atoms with Crippen molar-refractivity contribution in [1.29, 1.82) is 0 Å². The Labute approximate surface area is 137 Å². The van der Waals surface area contributed by atoms with Gasteiger partial charge in [0.1, 0.15) is 0 Å². The van der Waals surface area contributed by atoms with E-state index in [-0.39, 0.29) is 17.1 Å². The van der Waals surface area contributed by atoms with Crippen LogP contribution in [0.1, 0.15) is 18.0 Å². The molecule has 0 bridgehead atoms. The van der Waals surface area contributed by atoms with Crippen molar-refractivity contribution in [3.63, 3.8) is 0 Å². The normalized spacial score (nSPS) is 24.0. The zero-order valence-corrected chi connectivity index (χ0v) is 13.3. The Kier molecular flexibility index (Phi) is 5.80. The molecule has 0 aliphatic carbocycles. The topological polar surface area (TPSA) is 27.6 Å². The molecule has 1 saturated heterocycles. The predicted octanol–water partition coefficient (Wildman–Crippen LogP) is 2.76. The molecule has 1 N–H and O–H groups in total. The van der Waals surface area contributed by atoms with Gasteiger partial charge in [0.25, 0.3) is 0 Å². The minimum absolute atomic E-state index is 0. The van der Waals surface area contributed by atoms with E-state index < -0.39 is 0 Å². The van der Waals surface area contributed by atoms with Gasteiger partial charge in [-0.15, -0.1) is 5.56 Å². The van der Waals surface area contributed by atoms with Crippen molar-refractivity contribution in [3.05, 3.63) is 60.2 Å². The van der Waals surface area contributed by atoms with Crippen LogP contribution in [0.4, 0.5) is 0 Å². The third-order valence-electron chi connectivity index (χ3n) is 4.04. The van der Waals surface area contributed by atoms with Gasteiger partial charge < -0.3 is 10.3 Å². The molecule has 2 aliphatic rings. The molecule has 0 amide bonds. The van der Waals surface area contributed by atoms with Gasteiger partial charge in [-0.2, -0.15) is 35.4 Å². The van der Waals surface area contributed by atoms with Crippen molar-refractivity contribution < 1.29 is 17.1 Å². The fourth-order valence-corrected chi connectivity index (χ4v) is 2.93. The van der Waals surface area contributed by atoms with E-state index in [1.165, 1.54) is 11.3 Å². The van der Waals surface area contributed by atoms with Crippen molar-refractivity contribution in [3.8, 4) is 0 Å². The molecule has 2 aromatic rings. The molecular weight excluding hydrogens is 302 g/mol. The van der Waals surface area contributed by atoms with Gasteiger partial charge in [-0.3, -0.25) is 0 Å². The van der Waals surface area contributed by atoms with Crippen molar-refractivity contribution >= 4 is 5.71 Å². The van der Waals surface area contributed by atoms with E-state index in [4.69, 9.17) is 0 Å². The molecule has 0 saturated carbocycles. The molecule has 2 heterocycles. The van der Waals surface area contributed by atoms with E-state index in [0.717, 1.165) is 19.5 Å². The number of nitrogens with zero attached hydrogens (tertiary/aromatic N) is 2. The molecule has 2 aliphatic heterocycles. The molecule has 4 rings (SSSR count). The Morgan fingerprint density at radius 1 is 1.24 bits per heavy atom. The number of hydrogen-bond acceptors (Lipinski definition) is 3. The number of likely N-dealkylation sites (tertiary alicyclic amines) is 1. The maximum atomic E-state index is 4.47. The summed E-state index contributed by atoms with van der Waals surface area (Å²) in [4.78, 5) is 2.40. The predicted molar refractivity (Wildman–Crippen MR) is 83.0 cm³/mol. The van der Waals surface area contributed by atoms with Crippen molar-refractivity contribution in [2.45, 2.75) is 12.5 Å². The van der Waals surface area contributed by atoms with Gasteiger partial charge in [-0.05, 0) is 7.05 Å². The van der Waals surface area contributed by atoms with Crippen molar-refractivity contribution in [2.24, 2.45) is 11.0 Å². The molecular formula is C17H21FeN3. The average molecular weight is 323 g/mol. The minimum atomic E-state index is 0. The molecule has 0 radical (unpaired) electrons. The molecule has 2 aromatic carbocycles. The standard InChI is InChI=1S/C12H16N3.C5H5.Fe/c1-15-7-6-11-10(8-15)12(14-13-11)9-4-2-3-5-9;1-2-4-5-3-1;/h2-5,10,12,14H,6-8H2,1H3;1-5H;/q2*-1;+2. The molecule has 2 unspecified atom stereocenters. The summed E-state index contributed by atoms with van der Waals surface area (Å²) < 4.78 is 0.